The Bertz CT molecular complexity index is 1180. The number of halogens is 1. The Morgan fingerprint density at radius 1 is 1.11 bits per heavy atom. The van der Waals surface area contributed by atoms with E-state index in [4.69, 9.17) is 0 Å². The zero-order valence-corrected chi connectivity index (χ0v) is 15.2. The summed E-state index contributed by atoms with van der Waals surface area (Å²) in [5.41, 5.74) is 4.84. The van der Waals surface area contributed by atoms with E-state index in [0.29, 0.717) is 13.0 Å². The summed E-state index contributed by atoms with van der Waals surface area (Å²) in [4.78, 5) is 15.9. The van der Waals surface area contributed by atoms with Gasteiger partial charge in [-0.2, -0.15) is 0 Å². The lowest BCUT2D eigenvalue weighted by Crippen LogP contribution is -2.06. The Kier molecular flexibility index (Phi) is 4.15. The molecule has 0 spiro atoms. The maximum atomic E-state index is 13.3. The minimum absolute atomic E-state index is 0.0571. The molecular formula is C22H19FN2O2. The molecule has 1 N–H and O–H groups in total. The molecule has 2 aromatic carbocycles. The molecule has 27 heavy (non-hydrogen) atoms. The Balaban J connectivity index is 2.05. The predicted molar refractivity (Wildman–Crippen MR) is 104 cm³/mol. The molecule has 0 saturated heterocycles. The van der Waals surface area contributed by atoms with Crippen LogP contribution in [0.3, 0.4) is 0 Å². The number of rotatable bonds is 4. The number of benzene rings is 2. The summed E-state index contributed by atoms with van der Waals surface area (Å²) in [5, 5.41) is 11.3. The van der Waals surface area contributed by atoms with E-state index in [0.717, 1.165) is 38.6 Å². The number of nitrogens with zero attached hydrogens (tertiary/aromatic N) is 2. The number of fused-ring (bicyclic) bond motifs is 3. The summed E-state index contributed by atoms with van der Waals surface area (Å²) in [7, 11) is 0. The van der Waals surface area contributed by atoms with Crippen LogP contribution in [0.2, 0.25) is 0 Å². The third kappa shape index (κ3) is 2.95. The van der Waals surface area contributed by atoms with Crippen LogP contribution in [0.5, 0.6) is 0 Å². The van der Waals surface area contributed by atoms with E-state index in [2.05, 4.69) is 15.6 Å². The number of carbonyl (C=O) groups is 1. The average Bonchev–Trinajstić information content (AvgIpc) is 2.96. The highest BCUT2D eigenvalue weighted by atomic mass is 19.1. The predicted octanol–water partition coefficient (Wildman–Crippen LogP) is 4.95. The second-order valence-corrected chi connectivity index (χ2v) is 6.74. The number of pyridine rings is 1. The van der Waals surface area contributed by atoms with Gasteiger partial charge in [0.1, 0.15) is 11.5 Å². The topological polar surface area (TPSA) is 55.1 Å². The summed E-state index contributed by atoms with van der Waals surface area (Å²) in [6.45, 7) is 4.55. The van der Waals surface area contributed by atoms with E-state index in [1.807, 2.05) is 26.0 Å². The van der Waals surface area contributed by atoms with Crippen molar-refractivity contribution in [3.8, 4) is 0 Å². The first-order valence-electron chi connectivity index (χ1n) is 8.88. The van der Waals surface area contributed by atoms with Crippen molar-refractivity contribution in [3.63, 3.8) is 0 Å². The smallest absolute Gasteiger partial charge is 0.354 e. The normalized spacial score (nSPS) is 11.4. The number of aromatic carboxylic acids is 1. The zero-order chi connectivity index (χ0) is 19.1. The van der Waals surface area contributed by atoms with Crippen molar-refractivity contribution in [2.75, 3.05) is 0 Å². The first kappa shape index (κ1) is 17.2. The third-order valence-electron chi connectivity index (χ3n) is 4.88. The van der Waals surface area contributed by atoms with Gasteiger partial charge < -0.3 is 9.67 Å². The Labute approximate surface area is 155 Å². The summed E-state index contributed by atoms with van der Waals surface area (Å²) in [5.74, 6) is -1.29. The Morgan fingerprint density at radius 2 is 1.85 bits per heavy atom. The van der Waals surface area contributed by atoms with E-state index in [1.165, 1.54) is 12.1 Å². The van der Waals surface area contributed by atoms with Crippen molar-refractivity contribution in [1.29, 1.82) is 0 Å². The molecule has 0 unspecified atom stereocenters. The molecule has 0 atom stereocenters. The number of aromatic nitrogens is 2. The first-order chi connectivity index (χ1) is 13.0. The SMILES string of the molecule is CCc1nc(C(=O)O)cc2c3cc(C)ccc3n(Cc3ccc(F)cc3)c12. The van der Waals surface area contributed by atoms with Gasteiger partial charge in [0.25, 0.3) is 0 Å². The minimum atomic E-state index is -1.03. The molecule has 0 bridgehead atoms. The highest BCUT2D eigenvalue weighted by Crippen LogP contribution is 2.33. The second-order valence-electron chi connectivity index (χ2n) is 6.74. The van der Waals surface area contributed by atoms with Crippen LogP contribution in [0, 0.1) is 12.7 Å². The number of carboxylic acids is 1. The van der Waals surface area contributed by atoms with Gasteiger partial charge in [-0.1, -0.05) is 30.7 Å². The van der Waals surface area contributed by atoms with Gasteiger partial charge in [0, 0.05) is 22.8 Å². The zero-order valence-electron chi connectivity index (χ0n) is 15.2. The second kappa shape index (κ2) is 6.50. The van der Waals surface area contributed by atoms with Crippen molar-refractivity contribution in [2.45, 2.75) is 26.8 Å². The number of carboxylic acid groups (broad SMARTS) is 1. The van der Waals surface area contributed by atoms with Crippen molar-refractivity contribution >= 4 is 27.8 Å². The molecule has 4 rings (SSSR count). The Morgan fingerprint density at radius 3 is 2.52 bits per heavy atom. The molecule has 4 nitrogen and oxygen atoms in total. The quantitative estimate of drug-likeness (QED) is 0.559. The summed E-state index contributed by atoms with van der Waals surface area (Å²) in [6.07, 6.45) is 0.621. The van der Waals surface area contributed by atoms with Gasteiger partial charge >= 0.3 is 5.97 Å². The van der Waals surface area contributed by atoms with Gasteiger partial charge in [-0.05, 0) is 49.2 Å². The summed E-state index contributed by atoms with van der Waals surface area (Å²) < 4.78 is 15.4. The molecule has 4 aromatic rings. The highest BCUT2D eigenvalue weighted by Gasteiger charge is 2.18. The van der Waals surface area contributed by atoms with E-state index in [1.54, 1.807) is 18.2 Å². The van der Waals surface area contributed by atoms with Crippen molar-refractivity contribution in [2.24, 2.45) is 0 Å². The van der Waals surface area contributed by atoms with E-state index in [-0.39, 0.29) is 11.5 Å². The van der Waals surface area contributed by atoms with Crippen LogP contribution in [0.1, 0.15) is 34.2 Å². The monoisotopic (exact) mass is 362 g/mol. The van der Waals surface area contributed by atoms with Crippen LogP contribution in [0.4, 0.5) is 4.39 Å². The number of hydrogen-bond donors (Lipinski definition) is 1. The highest BCUT2D eigenvalue weighted by molar-refractivity contribution is 6.10. The molecule has 5 heteroatoms. The standard InChI is InChI=1S/C22H19FN2O2/c1-3-18-21-17(11-19(24-18)22(26)27)16-10-13(2)4-9-20(16)25(21)12-14-5-7-15(23)8-6-14/h4-11H,3,12H2,1-2H3,(H,26,27). The molecule has 136 valence electrons. The fourth-order valence-electron chi connectivity index (χ4n) is 3.61. The van der Waals surface area contributed by atoms with Crippen LogP contribution in [0.25, 0.3) is 21.8 Å². The molecule has 0 aliphatic carbocycles. The molecule has 0 saturated carbocycles. The maximum Gasteiger partial charge on any atom is 0.354 e. The van der Waals surface area contributed by atoms with Gasteiger partial charge in [-0.25, -0.2) is 14.2 Å². The third-order valence-corrected chi connectivity index (χ3v) is 4.88. The molecule has 0 fully saturated rings. The van der Waals surface area contributed by atoms with Crippen molar-refractivity contribution in [1.82, 2.24) is 9.55 Å². The molecule has 2 heterocycles. The molecule has 2 aromatic heterocycles. The minimum Gasteiger partial charge on any atom is -0.477 e. The number of aryl methyl sites for hydroxylation is 2. The Hall–Kier alpha value is -3.21. The summed E-state index contributed by atoms with van der Waals surface area (Å²) >= 11 is 0. The van der Waals surface area contributed by atoms with Crippen LogP contribution < -0.4 is 0 Å². The van der Waals surface area contributed by atoms with Crippen LogP contribution >= 0.6 is 0 Å². The lowest BCUT2D eigenvalue weighted by Gasteiger charge is -2.11. The van der Waals surface area contributed by atoms with Gasteiger partial charge in [0.2, 0.25) is 0 Å². The van der Waals surface area contributed by atoms with E-state index in [9.17, 15) is 14.3 Å². The fraction of sp³-hybridized carbons (Fsp3) is 0.182. The first-order valence-corrected chi connectivity index (χ1v) is 8.88. The lowest BCUT2D eigenvalue weighted by atomic mass is 10.1. The molecular weight excluding hydrogens is 343 g/mol. The van der Waals surface area contributed by atoms with Crippen LogP contribution in [-0.2, 0) is 13.0 Å². The van der Waals surface area contributed by atoms with Gasteiger partial charge in [-0.15, -0.1) is 0 Å². The number of hydrogen-bond acceptors (Lipinski definition) is 2. The van der Waals surface area contributed by atoms with Crippen LogP contribution in [-0.4, -0.2) is 20.6 Å². The maximum absolute atomic E-state index is 13.3. The molecule has 0 radical (unpaired) electrons. The largest absolute Gasteiger partial charge is 0.477 e. The summed E-state index contributed by atoms with van der Waals surface area (Å²) in [6, 6.07) is 14.3. The van der Waals surface area contributed by atoms with Gasteiger partial charge in [0.15, 0.2) is 0 Å². The average molecular weight is 362 g/mol. The van der Waals surface area contributed by atoms with E-state index < -0.39 is 5.97 Å². The van der Waals surface area contributed by atoms with Crippen molar-refractivity contribution < 1.29 is 14.3 Å². The molecule has 0 aliphatic rings. The van der Waals surface area contributed by atoms with Crippen LogP contribution in [0.15, 0.2) is 48.5 Å². The van der Waals surface area contributed by atoms with Gasteiger partial charge in [-0.3, -0.25) is 0 Å². The molecule has 0 amide bonds. The fourth-order valence-corrected chi connectivity index (χ4v) is 3.61. The molecule has 0 aliphatic heterocycles. The van der Waals surface area contributed by atoms with Gasteiger partial charge in [0.05, 0.1) is 11.2 Å². The van der Waals surface area contributed by atoms with Crippen molar-refractivity contribution in [3.05, 3.63) is 76.9 Å². The van der Waals surface area contributed by atoms with E-state index >= 15 is 0 Å². The lowest BCUT2D eigenvalue weighted by molar-refractivity contribution is 0.0690.